The number of hydrogen-bond acceptors (Lipinski definition) is 8. The lowest BCUT2D eigenvalue weighted by atomic mass is 9.78. The number of nitrogens with zero attached hydrogens (tertiary/aromatic N) is 3. The number of allylic oxidation sites excluding steroid dienone is 5. The van der Waals surface area contributed by atoms with E-state index in [1.807, 2.05) is 30.5 Å². The fourth-order valence-electron chi connectivity index (χ4n) is 5.66. The maximum atomic E-state index is 12.7. The number of nitrogens with one attached hydrogen (secondary N) is 2. The van der Waals surface area contributed by atoms with Crippen LogP contribution in [0.5, 0.6) is 5.88 Å². The molecule has 1 aliphatic carbocycles. The van der Waals surface area contributed by atoms with Gasteiger partial charge in [0, 0.05) is 64.4 Å². The number of piperidine rings is 1. The highest BCUT2D eigenvalue weighted by Gasteiger charge is 2.44. The van der Waals surface area contributed by atoms with Gasteiger partial charge < -0.3 is 20.5 Å². The summed E-state index contributed by atoms with van der Waals surface area (Å²) in [5.41, 5.74) is 3.59. The van der Waals surface area contributed by atoms with E-state index in [0.29, 0.717) is 17.9 Å². The van der Waals surface area contributed by atoms with Crippen molar-refractivity contribution in [3.8, 4) is 5.88 Å². The van der Waals surface area contributed by atoms with Crippen LogP contribution in [0.1, 0.15) is 86.9 Å². The third-order valence-electron chi connectivity index (χ3n) is 8.03. The Balaban J connectivity index is 1.80. The molecule has 3 N–H and O–H groups in total. The molecular formula is C32H43N5O4S. The Kier molecular flexibility index (Phi) is 9.70. The van der Waals surface area contributed by atoms with Gasteiger partial charge in [0.05, 0.1) is 12.1 Å². The zero-order valence-corrected chi connectivity index (χ0v) is 26.5. The minimum absolute atomic E-state index is 0.0701. The summed E-state index contributed by atoms with van der Waals surface area (Å²) in [5, 5.41) is 18.8. The van der Waals surface area contributed by atoms with Gasteiger partial charge in [-0.1, -0.05) is 19.1 Å². The maximum absolute atomic E-state index is 12.7. The molecule has 0 saturated carbocycles. The monoisotopic (exact) mass is 593 g/mol. The molecule has 0 bridgehead atoms. The van der Waals surface area contributed by atoms with Gasteiger partial charge in [0.2, 0.25) is 11.8 Å². The van der Waals surface area contributed by atoms with Crippen molar-refractivity contribution in [1.82, 2.24) is 25.5 Å². The molecule has 0 radical (unpaired) electrons. The van der Waals surface area contributed by atoms with Gasteiger partial charge in [0.1, 0.15) is 11.1 Å². The van der Waals surface area contributed by atoms with Crippen LogP contribution in [0.2, 0.25) is 0 Å². The van der Waals surface area contributed by atoms with Crippen molar-refractivity contribution in [3.63, 3.8) is 0 Å². The van der Waals surface area contributed by atoms with Gasteiger partial charge in [0.25, 0.3) is 0 Å². The van der Waals surface area contributed by atoms with Gasteiger partial charge in [-0.25, -0.2) is 14.8 Å². The van der Waals surface area contributed by atoms with Crippen molar-refractivity contribution in [1.29, 1.82) is 0 Å². The zero-order chi connectivity index (χ0) is 30.7. The molecule has 0 spiro atoms. The molecule has 226 valence electrons. The lowest BCUT2D eigenvalue weighted by Gasteiger charge is -2.53. The number of aryl methyl sites for hydroxylation is 1. The first-order valence-electron chi connectivity index (χ1n) is 14.5. The maximum Gasteiger partial charge on any atom is 0.337 e. The van der Waals surface area contributed by atoms with E-state index in [1.165, 1.54) is 17.5 Å². The molecule has 1 saturated heterocycles. The fourth-order valence-corrected chi connectivity index (χ4v) is 6.49. The summed E-state index contributed by atoms with van der Waals surface area (Å²) in [6, 6.07) is 1.63. The van der Waals surface area contributed by atoms with Crippen LogP contribution in [0.15, 0.2) is 41.6 Å². The summed E-state index contributed by atoms with van der Waals surface area (Å²) < 4.78 is 6.66. The summed E-state index contributed by atoms with van der Waals surface area (Å²) in [6.45, 7) is 13.8. The summed E-state index contributed by atoms with van der Waals surface area (Å²) in [4.78, 5) is 36.4. The van der Waals surface area contributed by atoms with E-state index in [0.717, 1.165) is 53.4 Å². The number of aromatic nitrogens is 2. The van der Waals surface area contributed by atoms with Crippen molar-refractivity contribution in [2.75, 3.05) is 20.1 Å². The van der Waals surface area contributed by atoms with Crippen LogP contribution in [-0.4, -0.2) is 69.2 Å². The van der Waals surface area contributed by atoms with Crippen LogP contribution in [0.4, 0.5) is 0 Å². The number of ether oxygens (including phenoxy) is 1. The topological polar surface area (TPSA) is 117 Å². The number of amides is 1. The highest BCUT2D eigenvalue weighted by molar-refractivity contribution is 7.11. The number of likely N-dealkylation sites (tertiary alicyclic amines) is 1. The Hall–Kier alpha value is -3.34. The Bertz CT molecular complexity index is 1400. The molecule has 1 fully saturated rings. The first kappa shape index (κ1) is 31.6. The molecule has 2 aromatic heterocycles. The molecule has 2 aliphatic rings. The second-order valence-corrected chi connectivity index (χ2v) is 13.2. The van der Waals surface area contributed by atoms with Gasteiger partial charge in [-0.2, -0.15) is 0 Å². The SMILES string of the molecule is CCCNCC(=O)NC1=CC(c2nc(C)cs2)=C(c2cc(C(=O)O)cnc2OC2CC(C)(C)N(C)C(C)(C)C2)C=CC1. The Morgan fingerprint density at radius 1 is 1.19 bits per heavy atom. The number of carboxylic acids is 1. The molecular weight excluding hydrogens is 550 g/mol. The van der Waals surface area contributed by atoms with Crippen molar-refractivity contribution >= 4 is 34.4 Å². The van der Waals surface area contributed by atoms with Crippen LogP contribution in [0.3, 0.4) is 0 Å². The summed E-state index contributed by atoms with van der Waals surface area (Å²) in [6.07, 6.45) is 10.1. The van der Waals surface area contributed by atoms with Crippen LogP contribution in [-0.2, 0) is 4.79 Å². The Morgan fingerprint density at radius 2 is 1.90 bits per heavy atom. The smallest absolute Gasteiger partial charge is 0.337 e. The van der Waals surface area contributed by atoms with Crippen molar-refractivity contribution in [2.24, 2.45) is 0 Å². The van der Waals surface area contributed by atoms with Crippen LogP contribution < -0.4 is 15.4 Å². The number of hydrogen-bond donors (Lipinski definition) is 3. The summed E-state index contributed by atoms with van der Waals surface area (Å²) >= 11 is 1.50. The number of carbonyl (C=O) groups excluding carboxylic acids is 1. The summed E-state index contributed by atoms with van der Waals surface area (Å²) in [7, 11) is 2.15. The Labute approximate surface area is 252 Å². The molecule has 0 aromatic carbocycles. The Morgan fingerprint density at radius 3 is 2.52 bits per heavy atom. The van der Waals surface area contributed by atoms with Crippen LogP contribution >= 0.6 is 11.3 Å². The second kappa shape index (κ2) is 12.9. The molecule has 10 heteroatoms. The molecule has 4 rings (SSSR count). The van der Waals surface area contributed by atoms with Crippen molar-refractivity contribution in [3.05, 3.63) is 63.4 Å². The van der Waals surface area contributed by atoms with Crippen molar-refractivity contribution < 1.29 is 19.4 Å². The van der Waals surface area contributed by atoms with Gasteiger partial charge in [0.15, 0.2) is 0 Å². The van der Waals surface area contributed by atoms with E-state index in [1.54, 1.807) is 6.07 Å². The highest BCUT2D eigenvalue weighted by Crippen LogP contribution is 2.41. The van der Waals surface area contributed by atoms with E-state index in [4.69, 9.17) is 9.72 Å². The van der Waals surface area contributed by atoms with E-state index in [2.05, 4.69) is 62.2 Å². The van der Waals surface area contributed by atoms with Crippen LogP contribution in [0.25, 0.3) is 11.1 Å². The third kappa shape index (κ3) is 7.35. The molecule has 0 unspecified atom stereocenters. The summed E-state index contributed by atoms with van der Waals surface area (Å²) in [5.74, 6) is -0.798. The van der Waals surface area contributed by atoms with E-state index >= 15 is 0 Å². The number of aromatic carboxylic acids is 1. The van der Waals surface area contributed by atoms with E-state index in [-0.39, 0.29) is 35.2 Å². The predicted molar refractivity (Wildman–Crippen MR) is 168 cm³/mol. The lowest BCUT2D eigenvalue weighted by molar-refractivity contribution is -0.119. The normalized spacial score (nSPS) is 18.9. The number of thiazole rings is 1. The van der Waals surface area contributed by atoms with Crippen molar-refractivity contribution in [2.45, 2.75) is 84.4 Å². The first-order chi connectivity index (χ1) is 19.8. The average molecular weight is 594 g/mol. The molecule has 42 heavy (non-hydrogen) atoms. The molecule has 9 nitrogen and oxygen atoms in total. The van der Waals surface area contributed by atoms with Gasteiger partial charge in [-0.05, 0) is 72.3 Å². The predicted octanol–water partition coefficient (Wildman–Crippen LogP) is 5.45. The van der Waals surface area contributed by atoms with Gasteiger partial charge in [-0.15, -0.1) is 11.3 Å². The van der Waals surface area contributed by atoms with Gasteiger partial charge in [-0.3, -0.25) is 9.69 Å². The first-order valence-corrected chi connectivity index (χ1v) is 15.4. The third-order valence-corrected chi connectivity index (χ3v) is 9.02. The highest BCUT2D eigenvalue weighted by atomic mass is 32.1. The molecule has 3 heterocycles. The van der Waals surface area contributed by atoms with E-state index in [9.17, 15) is 14.7 Å². The molecule has 2 aromatic rings. The van der Waals surface area contributed by atoms with Crippen LogP contribution in [0, 0.1) is 6.92 Å². The number of carbonyl (C=O) groups is 2. The quantitative estimate of drug-likeness (QED) is 0.312. The minimum atomic E-state index is -1.07. The molecule has 1 aliphatic heterocycles. The second-order valence-electron chi connectivity index (χ2n) is 12.3. The standard InChI is InChI=1S/C32H43N5O4S/c1-8-12-33-18-27(38)36-22-10-9-11-24(26(14-22)29-35-20(2)19-42-29)25-13-21(30(39)40)17-34-28(25)41-23-15-31(3,4)37(7)32(5,6)16-23/h9,11,13-14,17,19,23,33H,8,10,12,15-16,18H2,1-7H3,(H,36,38)(H,39,40). The van der Waals surface area contributed by atoms with Gasteiger partial charge >= 0.3 is 5.97 Å². The zero-order valence-electron chi connectivity index (χ0n) is 25.7. The fraction of sp³-hybridized carbons (Fsp3) is 0.500. The average Bonchev–Trinajstić information content (AvgIpc) is 3.23. The number of carboxylic acid groups (broad SMARTS) is 1. The molecule has 1 amide bonds. The number of pyridine rings is 1. The minimum Gasteiger partial charge on any atom is -0.478 e. The largest absolute Gasteiger partial charge is 0.478 e. The van der Waals surface area contributed by atoms with E-state index < -0.39 is 5.97 Å². The lowest BCUT2D eigenvalue weighted by Crippen LogP contribution is -2.60. The molecule has 0 atom stereocenters. The number of rotatable bonds is 10.